The molecule has 1 amide bonds. The quantitative estimate of drug-likeness (QED) is 0.485. The number of hydrazone groups is 1. The third-order valence-corrected chi connectivity index (χ3v) is 4.03. The van der Waals surface area contributed by atoms with Gasteiger partial charge >= 0.3 is 0 Å². The molecule has 0 atom stereocenters. The lowest BCUT2D eigenvalue weighted by Gasteiger charge is -2.01. The zero-order valence-corrected chi connectivity index (χ0v) is 15.6. The summed E-state index contributed by atoms with van der Waals surface area (Å²) in [6.45, 7) is 1.70. The van der Waals surface area contributed by atoms with Crippen molar-refractivity contribution < 1.29 is 9.32 Å². The molecule has 26 heavy (non-hydrogen) atoms. The third-order valence-electron chi connectivity index (χ3n) is 3.60. The third kappa shape index (κ3) is 4.34. The Labute approximate surface area is 159 Å². The van der Waals surface area contributed by atoms with E-state index >= 15 is 0 Å². The molecule has 0 unspecified atom stereocenters. The average Bonchev–Trinajstić information content (AvgIpc) is 3.05. The summed E-state index contributed by atoms with van der Waals surface area (Å²) in [5.74, 6) is 0.0642. The van der Waals surface area contributed by atoms with Crippen molar-refractivity contribution in [3.05, 3.63) is 82.0 Å². The van der Waals surface area contributed by atoms with Crippen LogP contribution in [0.2, 0.25) is 0 Å². The first-order valence-electron chi connectivity index (χ1n) is 7.92. The number of amides is 1. The van der Waals surface area contributed by atoms with Gasteiger partial charge in [0, 0.05) is 10.0 Å². The maximum absolute atomic E-state index is 12.5. The lowest BCUT2D eigenvalue weighted by molar-refractivity contribution is 0.0954. The van der Waals surface area contributed by atoms with E-state index in [1.165, 1.54) is 6.21 Å². The Hall–Kier alpha value is -2.99. The number of halogens is 1. The fourth-order valence-electron chi connectivity index (χ4n) is 2.39. The summed E-state index contributed by atoms with van der Waals surface area (Å²) < 4.78 is 5.93. The number of nitrogens with one attached hydrogen (secondary N) is 1. The maximum atomic E-state index is 12.5. The van der Waals surface area contributed by atoms with Gasteiger partial charge < -0.3 is 4.52 Å². The van der Waals surface area contributed by atoms with Crippen LogP contribution in [0.3, 0.4) is 0 Å². The maximum Gasteiger partial charge on any atom is 0.277 e. The predicted octanol–water partition coefficient (Wildman–Crippen LogP) is 4.80. The Kier molecular flexibility index (Phi) is 5.76. The molecule has 0 saturated heterocycles. The van der Waals surface area contributed by atoms with E-state index in [0.717, 1.165) is 15.6 Å². The van der Waals surface area contributed by atoms with Crippen LogP contribution in [-0.4, -0.2) is 17.3 Å². The standard InChI is InChI=1S/C20H16BrN3O2/c1-14-18(19(24-26-14)16-10-6-3-7-11-16)20(25)23-22-13-17(21)12-15-8-4-2-5-9-15/h2-13H,1H3,(H,23,25)/b17-12-,22-13?. The van der Waals surface area contributed by atoms with Crippen molar-refractivity contribution in [2.75, 3.05) is 0 Å². The van der Waals surface area contributed by atoms with Crippen LogP contribution >= 0.6 is 15.9 Å². The number of aryl methyl sites for hydroxylation is 1. The van der Waals surface area contributed by atoms with Gasteiger partial charge in [-0.25, -0.2) is 5.43 Å². The SMILES string of the molecule is Cc1onc(-c2ccccc2)c1C(=O)NN=C/C(Br)=C/c1ccccc1. The Balaban J connectivity index is 1.73. The number of allylic oxidation sites excluding steroid dienone is 1. The molecule has 3 aromatic rings. The highest BCUT2D eigenvalue weighted by molar-refractivity contribution is 9.12. The molecule has 0 spiro atoms. The van der Waals surface area contributed by atoms with Gasteiger partial charge in [-0.05, 0) is 34.5 Å². The van der Waals surface area contributed by atoms with Crippen LogP contribution in [0.15, 0.2) is 74.8 Å². The molecule has 0 fully saturated rings. The molecule has 1 N–H and O–H groups in total. The number of carbonyl (C=O) groups excluding carboxylic acids is 1. The van der Waals surface area contributed by atoms with Crippen LogP contribution in [0, 0.1) is 6.92 Å². The monoisotopic (exact) mass is 409 g/mol. The fourth-order valence-corrected chi connectivity index (χ4v) is 2.75. The first kappa shape index (κ1) is 17.8. The molecule has 1 aromatic heterocycles. The van der Waals surface area contributed by atoms with Gasteiger partial charge in [-0.15, -0.1) is 0 Å². The van der Waals surface area contributed by atoms with E-state index in [4.69, 9.17) is 4.52 Å². The highest BCUT2D eigenvalue weighted by Crippen LogP contribution is 2.24. The van der Waals surface area contributed by atoms with E-state index in [1.807, 2.05) is 66.7 Å². The summed E-state index contributed by atoms with van der Waals surface area (Å²) in [5.41, 5.74) is 5.21. The lowest BCUT2D eigenvalue weighted by atomic mass is 10.1. The van der Waals surface area contributed by atoms with Gasteiger partial charge in [-0.3, -0.25) is 4.79 Å². The van der Waals surface area contributed by atoms with Gasteiger partial charge in [-0.1, -0.05) is 65.8 Å². The molecule has 6 heteroatoms. The molecular weight excluding hydrogens is 394 g/mol. The summed E-state index contributed by atoms with van der Waals surface area (Å²) >= 11 is 3.41. The number of aromatic nitrogens is 1. The fraction of sp³-hybridized carbons (Fsp3) is 0.0500. The second kappa shape index (κ2) is 8.40. The van der Waals surface area contributed by atoms with Crippen molar-refractivity contribution in [3.8, 4) is 11.3 Å². The molecule has 0 radical (unpaired) electrons. The number of hydrogen-bond donors (Lipinski definition) is 1. The Morgan fingerprint density at radius 3 is 2.46 bits per heavy atom. The van der Waals surface area contributed by atoms with Crippen LogP contribution in [0.4, 0.5) is 0 Å². The number of rotatable bonds is 5. The Morgan fingerprint density at radius 1 is 1.12 bits per heavy atom. The molecule has 0 aliphatic heterocycles. The van der Waals surface area contributed by atoms with Gasteiger partial charge in [0.25, 0.3) is 5.91 Å². The molecule has 0 aliphatic rings. The van der Waals surface area contributed by atoms with Gasteiger partial charge in [0.05, 0.1) is 6.21 Å². The van der Waals surface area contributed by atoms with Gasteiger partial charge in [0.1, 0.15) is 17.0 Å². The van der Waals surface area contributed by atoms with Crippen molar-refractivity contribution in [1.29, 1.82) is 0 Å². The Morgan fingerprint density at radius 2 is 1.77 bits per heavy atom. The van der Waals surface area contributed by atoms with E-state index in [0.29, 0.717) is 17.0 Å². The van der Waals surface area contributed by atoms with Crippen LogP contribution in [0.25, 0.3) is 17.3 Å². The summed E-state index contributed by atoms with van der Waals surface area (Å²) in [7, 11) is 0. The first-order chi connectivity index (χ1) is 12.6. The van der Waals surface area contributed by atoms with Crippen molar-refractivity contribution in [3.63, 3.8) is 0 Å². The molecule has 1 heterocycles. The van der Waals surface area contributed by atoms with Gasteiger partial charge in [-0.2, -0.15) is 5.10 Å². The molecule has 130 valence electrons. The van der Waals surface area contributed by atoms with Crippen molar-refractivity contribution in [2.24, 2.45) is 5.10 Å². The van der Waals surface area contributed by atoms with Gasteiger partial charge in [0.15, 0.2) is 0 Å². The highest BCUT2D eigenvalue weighted by Gasteiger charge is 2.21. The number of hydrogen-bond acceptors (Lipinski definition) is 4. The lowest BCUT2D eigenvalue weighted by Crippen LogP contribution is -2.18. The average molecular weight is 410 g/mol. The van der Waals surface area contributed by atoms with E-state index in [-0.39, 0.29) is 5.91 Å². The van der Waals surface area contributed by atoms with Crippen molar-refractivity contribution in [2.45, 2.75) is 6.92 Å². The van der Waals surface area contributed by atoms with Crippen LogP contribution in [0.5, 0.6) is 0 Å². The number of benzene rings is 2. The minimum Gasteiger partial charge on any atom is -0.360 e. The topological polar surface area (TPSA) is 67.5 Å². The minimum atomic E-state index is -0.376. The normalized spacial score (nSPS) is 11.7. The van der Waals surface area contributed by atoms with Crippen LogP contribution in [-0.2, 0) is 0 Å². The van der Waals surface area contributed by atoms with Crippen LogP contribution < -0.4 is 5.43 Å². The Bertz CT molecular complexity index is 948. The smallest absolute Gasteiger partial charge is 0.277 e. The predicted molar refractivity (Wildman–Crippen MR) is 106 cm³/mol. The molecule has 5 nitrogen and oxygen atoms in total. The molecular formula is C20H16BrN3O2. The van der Waals surface area contributed by atoms with Crippen molar-refractivity contribution in [1.82, 2.24) is 10.6 Å². The molecule has 0 aliphatic carbocycles. The van der Waals surface area contributed by atoms with E-state index < -0.39 is 0 Å². The molecule has 2 aromatic carbocycles. The van der Waals surface area contributed by atoms with Crippen molar-refractivity contribution >= 4 is 34.1 Å². The van der Waals surface area contributed by atoms with Crippen LogP contribution in [0.1, 0.15) is 21.7 Å². The summed E-state index contributed by atoms with van der Waals surface area (Å²) in [5, 5.41) is 7.99. The first-order valence-corrected chi connectivity index (χ1v) is 8.72. The molecule has 0 saturated carbocycles. The largest absolute Gasteiger partial charge is 0.360 e. The zero-order chi connectivity index (χ0) is 18.4. The zero-order valence-electron chi connectivity index (χ0n) is 14.0. The number of carbonyl (C=O) groups is 1. The van der Waals surface area contributed by atoms with E-state index in [9.17, 15) is 4.79 Å². The molecule has 0 bridgehead atoms. The highest BCUT2D eigenvalue weighted by atomic mass is 79.9. The second-order valence-electron chi connectivity index (χ2n) is 5.47. The minimum absolute atomic E-state index is 0.372. The second-order valence-corrected chi connectivity index (χ2v) is 6.38. The molecule has 3 rings (SSSR count). The number of nitrogens with zero attached hydrogens (tertiary/aromatic N) is 2. The van der Waals surface area contributed by atoms with Gasteiger partial charge in [0.2, 0.25) is 0 Å². The van der Waals surface area contributed by atoms with E-state index in [2.05, 4.69) is 31.6 Å². The summed E-state index contributed by atoms with van der Waals surface area (Å²) in [6.07, 6.45) is 3.42. The van der Waals surface area contributed by atoms with E-state index in [1.54, 1.807) is 6.92 Å². The summed E-state index contributed by atoms with van der Waals surface area (Å²) in [4.78, 5) is 12.5. The summed E-state index contributed by atoms with van der Waals surface area (Å²) in [6, 6.07) is 19.2.